The summed E-state index contributed by atoms with van der Waals surface area (Å²) in [5.74, 6) is -1.27. The average Bonchev–Trinajstić information content (AvgIpc) is 3.00. The SMILES string of the molecule is Cc1ccc(C(=O)O)c(F)c1NCC1CC1. The fourth-order valence-electron chi connectivity index (χ4n) is 1.62. The Morgan fingerprint density at radius 1 is 1.56 bits per heavy atom. The van der Waals surface area contributed by atoms with E-state index >= 15 is 0 Å². The van der Waals surface area contributed by atoms with Gasteiger partial charge in [-0.1, -0.05) is 6.07 Å². The number of carbonyl (C=O) groups is 1. The van der Waals surface area contributed by atoms with E-state index in [1.54, 1.807) is 13.0 Å². The molecule has 1 aliphatic carbocycles. The molecule has 0 spiro atoms. The molecule has 1 fully saturated rings. The first-order valence-corrected chi connectivity index (χ1v) is 5.36. The van der Waals surface area contributed by atoms with Gasteiger partial charge in [0.05, 0.1) is 11.3 Å². The number of aryl methyl sites for hydroxylation is 1. The van der Waals surface area contributed by atoms with E-state index in [1.165, 1.54) is 18.9 Å². The fraction of sp³-hybridized carbons (Fsp3) is 0.417. The molecule has 1 saturated carbocycles. The zero-order valence-corrected chi connectivity index (χ0v) is 9.09. The third-order valence-corrected chi connectivity index (χ3v) is 2.85. The van der Waals surface area contributed by atoms with E-state index in [9.17, 15) is 9.18 Å². The van der Waals surface area contributed by atoms with E-state index in [0.29, 0.717) is 11.6 Å². The Morgan fingerprint density at radius 3 is 2.81 bits per heavy atom. The molecular weight excluding hydrogens is 209 g/mol. The van der Waals surface area contributed by atoms with Crippen LogP contribution in [0.2, 0.25) is 0 Å². The number of benzene rings is 1. The van der Waals surface area contributed by atoms with Gasteiger partial charge in [0, 0.05) is 6.54 Å². The van der Waals surface area contributed by atoms with Gasteiger partial charge >= 0.3 is 5.97 Å². The molecule has 1 aromatic carbocycles. The summed E-state index contributed by atoms with van der Waals surface area (Å²) in [6.07, 6.45) is 2.35. The lowest BCUT2D eigenvalue weighted by Crippen LogP contribution is -2.10. The molecule has 0 aliphatic heterocycles. The van der Waals surface area contributed by atoms with E-state index < -0.39 is 11.8 Å². The zero-order chi connectivity index (χ0) is 11.7. The van der Waals surface area contributed by atoms with E-state index in [2.05, 4.69) is 5.32 Å². The molecule has 0 atom stereocenters. The molecule has 86 valence electrons. The summed E-state index contributed by atoms with van der Waals surface area (Å²) in [5, 5.41) is 11.8. The summed E-state index contributed by atoms with van der Waals surface area (Å²) in [6.45, 7) is 2.49. The number of carboxylic acid groups (broad SMARTS) is 1. The third kappa shape index (κ3) is 2.15. The van der Waals surface area contributed by atoms with Crippen molar-refractivity contribution < 1.29 is 14.3 Å². The Balaban J connectivity index is 2.25. The van der Waals surface area contributed by atoms with Gasteiger partial charge < -0.3 is 10.4 Å². The van der Waals surface area contributed by atoms with Gasteiger partial charge in [0.2, 0.25) is 0 Å². The topological polar surface area (TPSA) is 49.3 Å². The first-order valence-electron chi connectivity index (χ1n) is 5.36. The minimum absolute atomic E-state index is 0.274. The summed E-state index contributed by atoms with van der Waals surface area (Å²) in [6, 6.07) is 2.93. The third-order valence-electron chi connectivity index (χ3n) is 2.85. The van der Waals surface area contributed by atoms with Crippen molar-refractivity contribution in [3.63, 3.8) is 0 Å². The highest BCUT2D eigenvalue weighted by Crippen LogP contribution is 2.30. The molecule has 3 nitrogen and oxygen atoms in total. The molecule has 0 unspecified atom stereocenters. The maximum Gasteiger partial charge on any atom is 0.338 e. The van der Waals surface area contributed by atoms with Crippen molar-refractivity contribution in [1.82, 2.24) is 0 Å². The molecule has 2 rings (SSSR count). The van der Waals surface area contributed by atoms with Gasteiger partial charge in [-0.25, -0.2) is 9.18 Å². The second-order valence-corrected chi connectivity index (χ2v) is 4.25. The first-order chi connectivity index (χ1) is 7.59. The van der Waals surface area contributed by atoms with Gasteiger partial charge in [-0.2, -0.15) is 0 Å². The molecule has 0 heterocycles. The monoisotopic (exact) mass is 223 g/mol. The largest absolute Gasteiger partial charge is 0.478 e. The highest BCUT2D eigenvalue weighted by molar-refractivity contribution is 5.89. The standard InChI is InChI=1S/C12H14FNO2/c1-7-2-5-9(12(15)16)10(13)11(7)14-6-8-3-4-8/h2,5,8,14H,3-4,6H2,1H3,(H,15,16). The average molecular weight is 223 g/mol. The molecule has 1 aromatic rings. The van der Waals surface area contributed by atoms with Crippen LogP contribution in [0.25, 0.3) is 0 Å². The van der Waals surface area contributed by atoms with Crippen LogP contribution in [0.4, 0.5) is 10.1 Å². The van der Waals surface area contributed by atoms with E-state index in [-0.39, 0.29) is 5.56 Å². The van der Waals surface area contributed by atoms with Crippen LogP contribution in [-0.4, -0.2) is 17.6 Å². The fourth-order valence-corrected chi connectivity index (χ4v) is 1.62. The molecule has 16 heavy (non-hydrogen) atoms. The Bertz CT molecular complexity index is 427. The second-order valence-electron chi connectivity index (χ2n) is 4.25. The molecule has 0 amide bonds. The van der Waals surface area contributed by atoms with E-state index in [1.807, 2.05) is 0 Å². The molecule has 4 heteroatoms. The summed E-state index contributed by atoms with van der Waals surface area (Å²) >= 11 is 0. The summed E-state index contributed by atoms with van der Waals surface area (Å²) < 4.78 is 13.8. The number of nitrogens with one attached hydrogen (secondary N) is 1. The number of aromatic carboxylic acids is 1. The van der Waals surface area contributed by atoms with Gasteiger partial charge in [-0.3, -0.25) is 0 Å². The van der Waals surface area contributed by atoms with Crippen molar-refractivity contribution >= 4 is 11.7 Å². The van der Waals surface area contributed by atoms with Gasteiger partial charge in [0.25, 0.3) is 0 Å². The molecule has 0 radical (unpaired) electrons. The molecule has 0 saturated heterocycles. The summed E-state index contributed by atoms with van der Waals surface area (Å²) in [7, 11) is 0. The van der Waals surface area contributed by atoms with Crippen molar-refractivity contribution in [1.29, 1.82) is 0 Å². The van der Waals surface area contributed by atoms with E-state index in [4.69, 9.17) is 5.11 Å². The number of halogens is 1. The highest BCUT2D eigenvalue weighted by Gasteiger charge is 2.22. The number of carboxylic acids is 1. The van der Waals surface area contributed by atoms with Crippen LogP contribution in [0.15, 0.2) is 12.1 Å². The van der Waals surface area contributed by atoms with Crippen LogP contribution in [0.1, 0.15) is 28.8 Å². The van der Waals surface area contributed by atoms with Crippen molar-refractivity contribution in [2.75, 3.05) is 11.9 Å². The Hall–Kier alpha value is -1.58. The number of anilines is 1. The van der Waals surface area contributed by atoms with Gasteiger partial charge in [0.1, 0.15) is 0 Å². The van der Waals surface area contributed by atoms with Crippen LogP contribution in [0.3, 0.4) is 0 Å². The van der Waals surface area contributed by atoms with Gasteiger partial charge in [-0.15, -0.1) is 0 Å². The lowest BCUT2D eigenvalue weighted by Gasteiger charge is -2.11. The van der Waals surface area contributed by atoms with Gasteiger partial charge in [0.15, 0.2) is 5.82 Å². The zero-order valence-electron chi connectivity index (χ0n) is 9.09. The highest BCUT2D eigenvalue weighted by atomic mass is 19.1. The smallest absolute Gasteiger partial charge is 0.338 e. The molecule has 1 aliphatic rings. The Kier molecular flexibility index (Phi) is 2.81. The van der Waals surface area contributed by atoms with E-state index in [0.717, 1.165) is 12.1 Å². The Labute approximate surface area is 93.3 Å². The number of rotatable bonds is 4. The minimum atomic E-state index is -1.23. The second kappa shape index (κ2) is 4.12. The Morgan fingerprint density at radius 2 is 2.25 bits per heavy atom. The summed E-state index contributed by atoms with van der Waals surface area (Å²) in [4.78, 5) is 10.8. The number of hydrogen-bond acceptors (Lipinski definition) is 2. The lowest BCUT2D eigenvalue weighted by molar-refractivity contribution is 0.0692. The minimum Gasteiger partial charge on any atom is -0.478 e. The molecular formula is C12H14FNO2. The molecule has 0 aromatic heterocycles. The lowest BCUT2D eigenvalue weighted by atomic mass is 10.1. The normalized spacial score (nSPS) is 14.9. The number of hydrogen-bond donors (Lipinski definition) is 2. The first kappa shape index (κ1) is 10.9. The van der Waals surface area contributed by atoms with Crippen LogP contribution >= 0.6 is 0 Å². The molecule has 2 N–H and O–H groups in total. The summed E-state index contributed by atoms with van der Waals surface area (Å²) in [5.41, 5.74) is 0.791. The quantitative estimate of drug-likeness (QED) is 0.825. The van der Waals surface area contributed by atoms with Crippen LogP contribution < -0.4 is 5.32 Å². The van der Waals surface area contributed by atoms with Gasteiger partial charge in [-0.05, 0) is 37.3 Å². The van der Waals surface area contributed by atoms with Crippen molar-refractivity contribution in [3.05, 3.63) is 29.1 Å². The maximum absolute atomic E-state index is 13.8. The predicted octanol–water partition coefficient (Wildman–Crippen LogP) is 2.65. The van der Waals surface area contributed by atoms with Crippen LogP contribution in [0.5, 0.6) is 0 Å². The van der Waals surface area contributed by atoms with Crippen LogP contribution in [0, 0.1) is 18.7 Å². The molecule has 0 bridgehead atoms. The van der Waals surface area contributed by atoms with Crippen molar-refractivity contribution in [3.8, 4) is 0 Å². The predicted molar refractivity (Wildman–Crippen MR) is 59.3 cm³/mol. The van der Waals surface area contributed by atoms with Crippen molar-refractivity contribution in [2.45, 2.75) is 19.8 Å². The van der Waals surface area contributed by atoms with Crippen LogP contribution in [-0.2, 0) is 0 Å². The van der Waals surface area contributed by atoms with Crippen molar-refractivity contribution in [2.24, 2.45) is 5.92 Å². The maximum atomic E-state index is 13.8.